The van der Waals surface area contributed by atoms with Crippen molar-refractivity contribution in [2.45, 2.75) is 42.9 Å². The number of carboxylic acid groups (broad SMARTS) is 1. The first-order valence-electron chi connectivity index (χ1n) is 9.99. The molecule has 1 atom stereocenters. The van der Waals surface area contributed by atoms with Gasteiger partial charge in [-0.2, -0.15) is 0 Å². The number of halogens is 1. The fourth-order valence-electron chi connectivity index (χ4n) is 3.86. The van der Waals surface area contributed by atoms with Gasteiger partial charge in [0.25, 0.3) is 5.56 Å². The molecule has 1 unspecified atom stereocenters. The molecule has 1 fully saturated rings. The van der Waals surface area contributed by atoms with Gasteiger partial charge < -0.3 is 19.1 Å². The second-order valence-electron chi connectivity index (χ2n) is 7.58. The molecule has 2 aromatic rings. The van der Waals surface area contributed by atoms with Crippen LogP contribution in [0.25, 0.3) is 11.3 Å². The molecule has 1 saturated carbocycles. The third-order valence-electron chi connectivity index (χ3n) is 5.59. The van der Waals surface area contributed by atoms with Gasteiger partial charge in [0.2, 0.25) is 0 Å². The molecule has 1 aliphatic heterocycles. The van der Waals surface area contributed by atoms with Crippen molar-refractivity contribution in [2.24, 2.45) is 0 Å². The molecular weight excluding hydrogens is 446 g/mol. The normalized spacial score (nSPS) is 18.9. The number of sulfone groups is 1. The van der Waals surface area contributed by atoms with Crippen molar-refractivity contribution in [2.75, 3.05) is 19.8 Å². The van der Waals surface area contributed by atoms with Gasteiger partial charge in [-0.05, 0) is 44.4 Å². The topological polar surface area (TPSA) is 112 Å². The van der Waals surface area contributed by atoms with Crippen molar-refractivity contribution >= 4 is 27.4 Å². The first-order valence-corrected chi connectivity index (χ1v) is 11.9. The Morgan fingerprint density at radius 1 is 1.26 bits per heavy atom. The zero-order valence-electron chi connectivity index (χ0n) is 17.1. The van der Waals surface area contributed by atoms with E-state index in [2.05, 4.69) is 0 Å². The molecule has 31 heavy (non-hydrogen) atoms. The second-order valence-corrected chi connectivity index (χ2v) is 10.2. The van der Waals surface area contributed by atoms with Gasteiger partial charge in [-0.1, -0.05) is 11.6 Å². The zero-order valence-corrected chi connectivity index (χ0v) is 18.6. The zero-order chi connectivity index (χ0) is 22.5. The number of nitrogens with zero attached hydrogens (tertiary/aromatic N) is 1. The van der Waals surface area contributed by atoms with E-state index in [1.807, 2.05) is 6.92 Å². The van der Waals surface area contributed by atoms with Gasteiger partial charge >= 0.3 is 5.97 Å². The molecule has 0 saturated heterocycles. The Morgan fingerprint density at radius 3 is 2.58 bits per heavy atom. The van der Waals surface area contributed by atoms with Crippen molar-refractivity contribution in [3.63, 3.8) is 0 Å². The lowest BCUT2D eigenvalue weighted by atomic mass is 9.99. The van der Waals surface area contributed by atoms with E-state index in [1.165, 1.54) is 29.7 Å². The lowest BCUT2D eigenvalue weighted by Gasteiger charge is -2.29. The third-order valence-corrected chi connectivity index (χ3v) is 8.03. The number of aromatic carboxylic acids is 1. The number of hydrogen-bond donors (Lipinski definition) is 1. The number of pyridine rings is 1. The summed E-state index contributed by atoms with van der Waals surface area (Å²) in [6, 6.07) is 3.88. The van der Waals surface area contributed by atoms with Gasteiger partial charge in [0, 0.05) is 24.3 Å². The van der Waals surface area contributed by atoms with Crippen LogP contribution in [-0.4, -0.2) is 43.9 Å². The average molecular weight is 468 g/mol. The highest BCUT2D eigenvalue weighted by atomic mass is 35.5. The Labute approximate surface area is 184 Å². The molecule has 2 heterocycles. The van der Waals surface area contributed by atoms with Crippen molar-refractivity contribution < 1.29 is 27.8 Å². The maximum Gasteiger partial charge on any atom is 0.341 e. The molecular formula is C21H22ClNO7S. The van der Waals surface area contributed by atoms with Crippen LogP contribution in [-0.2, 0) is 14.6 Å². The van der Waals surface area contributed by atoms with Crippen LogP contribution in [0.15, 0.2) is 27.9 Å². The van der Waals surface area contributed by atoms with E-state index in [-0.39, 0.29) is 39.4 Å². The molecule has 10 heteroatoms. The largest absolute Gasteiger partial charge is 0.490 e. The Bertz CT molecular complexity index is 1230. The predicted octanol–water partition coefficient (Wildman–Crippen LogP) is 3.47. The molecule has 1 N–H and O–H groups in total. The molecule has 1 aromatic heterocycles. The molecule has 4 rings (SSSR count). The maximum atomic E-state index is 13.3. The monoisotopic (exact) mass is 467 g/mol. The molecule has 1 aromatic carbocycles. The van der Waals surface area contributed by atoms with Gasteiger partial charge in [0.05, 0.1) is 27.5 Å². The summed E-state index contributed by atoms with van der Waals surface area (Å²) >= 11 is 6.40. The van der Waals surface area contributed by atoms with E-state index in [0.29, 0.717) is 18.9 Å². The number of hydrogen-bond acceptors (Lipinski definition) is 6. The second kappa shape index (κ2) is 7.96. The first-order chi connectivity index (χ1) is 14.7. The van der Waals surface area contributed by atoms with Crippen LogP contribution in [0.4, 0.5) is 0 Å². The fourth-order valence-corrected chi connectivity index (χ4v) is 5.71. The average Bonchev–Trinajstić information content (AvgIpc) is 3.54. The van der Waals surface area contributed by atoms with Gasteiger partial charge in [-0.15, -0.1) is 0 Å². The van der Waals surface area contributed by atoms with Crippen LogP contribution >= 0.6 is 11.6 Å². The smallest absolute Gasteiger partial charge is 0.341 e. The number of carbonyl (C=O) groups is 1. The molecule has 0 amide bonds. The van der Waals surface area contributed by atoms with Gasteiger partial charge in [-0.3, -0.25) is 4.79 Å². The van der Waals surface area contributed by atoms with E-state index in [0.717, 1.165) is 12.8 Å². The molecule has 1 aliphatic carbocycles. The highest BCUT2D eigenvalue weighted by molar-refractivity contribution is 7.92. The van der Waals surface area contributed by atoms with Crippen LogP contribution in [0.3, 0.4) is 0 Å². The van der Waals surface area contributed by atoms with Crippen LogP contribution in [0, 0.1) is 0 Å². The Morgan fingerprint density at radius 2 is 1.97 bits per heavy atom. The number of benzene rings is 1. The number of aromatic nitrogens is 1. The van der Waals surface area contributed by atoms with E-state index < -0.39 is 32.2 Å². The maximum absolute atomic E-state index is 13.3. The fraction of sp³-hybridized carbons (Fsp3) is 0.429. The van der Waals surface area contributed by atoms with Crippen molar-refractivity contribution in [1.82, 2.24) is 4.57 Å². The molecule has 8 nitrogen and oxygen atoms in total. The van der Waals surface area contributed by atoms with Crippen LogP contribution < -0.4 is 10.3 Å². The summed E-state index contributed by atoms with van der Waals surface area (Å²) in [6.07, 6.45) is 1.44. The van der Waals surface area contributed by atoms with Crippen LogP contribution in [0.2, 0.25) is 5.02 Å². The summed E-state index contributed by atoms with van der Waals surface area (Å²) in [5, 5.41) is 8.66. The molecule has 2 aliphatic rings. The third kappa shape index (κ3) is 3.64. The van der Waals surface area contributed by atoms with Crippen LogP contribution in [0.1, 0.15) is 53.9 Å². The summed E-state index contributed by atoms with van der Waals surface area (Å²) in [5.74, 6) is -1.17. The Hall–Kier alpha value is -2.36. The van der Waals surface area contributed by atoms with Crippen LogP contribution in [0.5, 0.6) is 5.75 Å². The van der Waals surface area contributed by atoms with Crippen molar-refractivity contribution in [1.29, 1.82) is 0 Å². The quantitative estimate of drug-likeness (QED) is 0.620. The predicted molar refractivity (Wildman–Crippen MR) is 114 cm³/mol. The highest BCUT2D eigenvalue weighted by Crippen LogP contribution is 2.49. The molecule has 0 radical (unpaired) electrons. The Balaban J connectivity index is 1.95. The highest BCUT2D eigenvalue weighted by Gasteiger charge is 2.41. The summed E-state index contributed by atoms with van der Waals surface area (Å²) in [5.41, 5.74) is -0.0799. The van der Waals surface area contributed by atoms with Crippen molar-refractivity contribution in [3.8, 4) is 17.0 Å². The van der Waals surface area contributed by atoms with E-state index in [1.54, 1.807) is 0 Å². The van der Waals surface area contributed by atoms with Gasteiger partial charge in [0.15, 0.2) is 9.84 Å². The minimum atomic E-state index is -3.86. The number of rotatable bonds is 7. The SMILES string of the molecule is CCOCCOc1cc2c(cc1Cl)-c1c(cc(C(=O)O)c(=O)n1C1CC1)C(C)S2(=O)=O. The van der Waals surface area contributed by atoms with E-state index in [9.17, 15) is 23.1 Å². The number of ether oxygens (including phenoxy) is 2. The summed E-state index contributed by atoms with van der Waals surface area (Å²) in [6.45, 7) is 4.41. The van der Waals surface area contributed by atoms with E-state index >= 15 is 0 Å². The number of carboxylic acids is 1. The lowest BCUT2D eigenvalue weighted by Crippen LogP contribution is -2.31. The number of fused-ring (bicyclic) bond motifs is 3. The standard InChI is InChI=1S/C21H22ClNO7S/c1-3-29-6-7-30-17-10-18-14(9-16(17)22)19-13(11(2)31(18,27)28)8-15(21(25)26)20(24)23(19)12-4-5-12/h8-12H,3-7H2,1-2H3,(H,25,26). The molecule has 166 valence electrons. The minimum absolute atomic E-state index is 0.0141. The van der Waals surface area contributed by atoms with Gasteiger partial charge in [0.1, 0.15) is 17.9 Å². The minimum Gasteiger partial charge on any atom is -0.490 e. The van der Waals surface area contributed by atoms with Gasteiger partial charge in [-0.25, -0.2) is 13.2 Å². The molecule has 0 bridgehead atoms. The summed E-state index contributed by atoms with van der Waals surface area (Å²) in [4.78, 5) is 24.6. The summed E-state index contributed by atoms with van der Waals surface area (Å²) < 4.78 is 38.9. The molecule has 0 spiro atoms. The first kappa shape index (κ1) is 21.9. The lowest BCUT2D eigenvalue weighted by molar-refractivity contribution is 0.0694. The Kier molecular flexibility index (Phi) is 5.61. The summed E-state index contributed by atoms with van der Waals surface area (Å²) in [7, 11) is -3.86. The van der Waals surface area contributed by atoms with Crippen molar-refractivity contribution in [3.05, 3.63) is 44.7 Å². The van der Waals surface area contributed by atoms with E-state index in [4.69, 9.17) is 21.1 Å².